The lowest BCUT2D eigenvalue weighted by molar-refractivity contribution is -0.118. The Morgan fingerprint density at radius 1 is 1.16 bits per heavy atom. The van der Waals surface area contributed by atoms with E-state index in [0.29, 0.717) is 22.5 Å². The maximum absolute atomic E-state index is 13.3. The molecule has 2 heterocycles. The zero-order valence-corrected chi connectivity index (χ0v) is 18.4. The van der Waals surface area contributed by atoms with Gasteiger partial charge in [-0.2, -0.15) is 0 Å². The SMILES string of the molecule is CCOc1ccc(-c2csc3ncn(C(C)C(=O)Nc4ccc(C)cc4)c(=O)c23)cc1. The minimum absolute atomic E-state index is 0.235. The molecule has 0 radical (unpaired) electrons. The summed E-state index contributed by atoms with van der Waals surface area (Å²) in [6.07, 6.45) is 1.45. The standard InChI is InChI=1S/C24H23N3O3S/c1-4-30-19-11-7-17(8-12-19)20-13-31-23-21(20)24(29)27(14-25-23)16(3)22(28)26-18-9-5-15(2)6-10-18/h5-14,16H,4H2,1-3H3,(H,26,28). The Bertz CT molecular complexity index is 1270. The summed E-state index contributed by atoms with van der Waals surface area (Å²) in [4.78, 5) is 31.2. The zero-order valence-electron chi connectivity index (χ0n) is 17.6. The summed E-state index contributed by atoms with van der Waals surface area (Å²) >= 11 is 1.41. The molecule has 1 amide bonds. The van der Waals surface area contributed by atoms with Crippen LogP contribution < -0.4 is 15.6 Å². The van der Waals surface area contributed by atoms with Gasteiger partial charge >= 0.3 is 0 Å². The van der Waals surface area contributed by atoms with Crippen molar-refractivity contribution in [3.63, 3.8) is 0 Å². The number of carbonyl (C=O) groups is 1. The molecule has 0 aliphatic heterocycles. The van der Waals surface area contributed by atoms with Crippen LogP contribution in [0.1, 0.15) is 25.5 Å². The van der Waals surface area contributed by atoms with Gasteiger partial charge in [0.05, 0.1) is 18.3 Å². The van der Waals surface area contributed by atoms with Gasteiger partial charge in [0.2, 0.25) is 5.91 Å². The van der Waals surface area contributed by atoms with E-state index >= 15 is 0 Å². The number of anilines is 1. The Morgan fingerprint density at radius 3 is 2.55 bits per heavy atom. The molecule has 0 saturated heterocycles. The molecule has 1 N–H and O–H groups in total. The molecule has 31 heavy (non-hydrogen) atoms. The molecule has 1 atom stereocenters. The van der Waals surface area contributed by atoms with Crippen LogP contribution in [-0.2, 0) is 4.79 Å². The highest BCUT2D eigenvalue weighted by atomic mass is 32.1. The van der Waals surface area contributed by atoms with Gasteiger partial charge in [0.25, 0.3) is 5.56 Å². The average molecular weight is 434 g/mol. The number of ether oxygens (including phenoxy) is 1. The summed E-state index contributed by atoms with van der Waals surface area (Å²) in [7, 11) is 0. The molecule has 1 unspecified atom stereocenters. The van der Waals surface area contributed by atoms with Crippen molar-refractivity contribution in [2.24, 2.45) is 0 Å². The molecule has 7 heteroatoms. The molecule has 0 spiro atoms. The Morgan fingerprint density at radius 2 is 1.87 bits per heavy atom. The number of nitrogens with zero attached hydrogens (tertiary/aromatic N) is 2. The lowest BCUT2D eigenvalue weighted by Crippen LogP contribution is -2.31. The molecular formula is C24H23N3O3S. The van der Waals surface area contributed by atoms with Crippen LogP contribution in [0.5, 0.6) is 5.75 Å². The molecule has 4 rings (SSSR count). The number of fused-ring (bicyclic) bond motifs is 1. The number of nitrogens with one attached hydrogen (secondary N) is 1. The second kappa shape index (κ2) is 8.73. The summed E-state index contributed by atoms with van der Waals surface area (Å²) in [5, 5.41) is 5.31. The fourth-order valence-electron chi connectivity index (χ4n) is 3.34. The van der Waals surface area contributed by atoms with Crippen molar-refractivity contribution in [3.05, 3.63) is 76.2 Å². The van der Waals surface area contributed by atoms with Gasteiger partial charge < -0.3 is 10.1 Å². The van der Waals surface area contributed by atoms with Crippen molar-refractivity contribution >= 4 is 33.1 Å². The maximum Gasteiger partial charge on any atom is 0.263 e. The van der Waals surface area contributed by atoms with E-state index in [2.05, 4.69) is 10.3 Å². The number of amides is 1. The third kappa shape index (κ3) is 4.22. The molecule has 0 saturated carbocycles. The quantitative estimate of drug-likeness (QED) is 0.463. The molecule has 6 nitrogen and oxygen atoms in total. The summed E-state index contributed by atoms with van der Waals surface area (Å²) in [5.74, 6) is 0.507. The Hall–Kier alpha value is -3.45. The Kier molecular flexibility index (Phi) is 5.86. The molecule has 4 aromatic rings. The Labute approximate surface area is 184 Å². The number of thiophene rings is 1. The molecule has 0 fully saturated rings. The summed E-state index contributed by atoms with van der Waals surface area (Å²) < 4.78 is 6.89. The van der Waals surface area contributed by atoms with Crippen LogP contribution in [0.3, 0.4) is 0 Å². The lowest BCUT2D eigenvalue weighted by Gasteiger charge is -2.15. The number of benzene rings is 2. The number of aryl methyl sites for hydroxylation is 1. The van der Waals surface area contributed by atoms with E-state index in [0.717, 1.165) is 22.4 Å². The molecule has 0 aliphatic carbocycles. The van der Waals surface area contributed by atoms with E-state index in [1.165, 1.54) is 22.2 Å². The fourth-order valence-corrected chi connectivity index (χ4v) is 4.25. The molecule has 0 bridgehead atoms. The second-order valence-electron chi connectivity index (χ2n) is 7.28. The smallest absolute Gasteiger partial charge is 0.263 e. The number of aromatic nitrogens is 2. The van der Waals surface area contributed by atoms with E-state index in [-0.39, 0.29) is 11.5 Å². The first-order chi connectivity index (χ1) is 15.0. The maximum atomic E-state index is 13.3. The third-order valence-electron chi connectivity index (χ3n) is 5.11. The molecule has 2 aromatic heterocycles. The van der Waals surface area contributed by atoms with Crippen molar-refractivity contribution in [2.75, 3.05) is 11.9 Å². The van der Waals surface area contributed by atoms with Gasteiger partial charge in [0.1, 0.15) is 16.6 Å². The molecule has 0 aliphatic rings. The number of carbonyl (C=O) groups excluding carboxylic acids is 1. The number of hydrogen-bond donors (Lipinski definition) is 1. The van der Waals surface area contributed by atoms with Crippen molar-refractivity contribution in [1.29, 1.82) is 0 Å². The van der Waals surface area contributed by atoms with Crippen LogP contribution >= 0.6 is 11.3 Å². The molecule has 2 aromatic carbocycles. The summed E-state index contributed by atoms with van der Waals surface area (Å²) in [6, 6.07) is 14.4. The van der Waals surface area contributed by atoms with Crippen LogP contribution in [0.15, 0.2) is 65.0 Å². The summed E-state index contributed by atoms with van der Waals surface area (Å²) in [5.41, 5.74) is 3.28. The van der Waals surface area contributed by atoms with Gasteiger partial charge in [-0.25, -0.2) is 4.98 Å². The first-order valence-electron chi connectivity index (χ1n) is 10.1. The van der Waals surface area contributed by atoms with E-state index in [1.807, 2.05) is 67.8 Å². The first-order valence-corrected chi connectivity index (χ1v) is 10.9. The Balaban J connectivity index is 1.67. The van der Waals surface area contributed by atoms with Crippen LogP contribution in [0.25, 0.3) is 21.3 Å². The summed E-state index contributed by atoms with van der Waals surface area (Å²) in [6.45, 7) is 6.21. The van der Waals surface area contributed by atoms with Gasteiger partial charge in [-0.15, -0.1) is 11.3 Å². The van der Waals surface area contributed by atoms with Gasteiger partial charge in [-0.3, -0.25) is 14.2 Å². The third-order valence-corrected chi connectivity index (χ3v) is 6.00. The fraction of sp³-hybridized carbons (Fsp3) is 0.208. The topological polar surface area (TPSA) is 73.2 Å². The van der Waals surface area contributed by atoms with Gasteiger partial charge in [-0.05, 0) is 50.6 Å². The highest BCUT2D eigenvalue weighted by Gasteiger charge is 2.20. The van der Waals surface area contributed by atoms with Crippen LogP contribution in [0.2, 0.25) is 0 Å². The second-order valence-corrected chi connectivity index (χ2v) is 8.13. The van der Waals surface area contributed by atoms with E-state index in [9.17, 15) is 9.59 Å². The van der Waals surface area contributed by atoms with Crippen molar-refractivity contribution in [2.45, 2.75) is 26.8 Å². The van der Waals surface area contributed by atoms with Crippen molar-refractivity contribution in [1.82, 2.24) is 9.55 Å². The average Bonchev–Trinajstić information content (AvgIpc) is 3.21. The van der Waals surface area contributed by atoms with Crippen LogP contribution in [-0.4, -0.2) is 22.1 Å². The van der Waals surface area contributed by atoms with Crippen LogP contribution in [0.4, 0.5) is 5.69 Å². The van der Waals surface area contributed by atoms with E-state index in [4.69, 9.17) is 4.74 Å². The largest absolute Gasteiger partial charge is 0.494 e. The zero-order chi connectivity index (χ0) is 22.0. The number of rotatable bonds is 6. The minimum Gasteiger partial charge on any atom is -0.494 e. The highest BCUT2D eigenvalue weighted by Crippen LogP contribution is 2.32. The number of hydrogen-bond acceptors (Lipinski definition) is 5. The van der Waals surface area contributed by atoms with Gasteiger partial charge in [0, 0.05) is 16.6 Å². The van der Waals surface area contributed by atoms with Gasteiger partial charge in [-0.1, -0.05) is 29.8 Å². The minimum atomic E-state index is -0.709. The van der Waals surface area contributed by atoms with E-state index in [1.54, 1.807) is 6.92 Å². The predicted octanol–water partition coefficient (Wildman–Crippen LogP) is 5.03. The lowest BCUT2D eigenvalue weighted by atomic mass is 10.1. The predicted molar refractivity (Wildman–Crippen MR) is 125 cm³/mol. The van der Waals surface area contributed by atoms with Gasteiger partial charge in [0.15, 0.2) is 0 Å². The van der Waals surface area contributed by atoms with Crippen molar-refractivity contribution in [3.8, 4) is 16.9 Å². The first kappa shape index (κ1) is 20.8. The monoisotopic (exact) mass is 433 g/mol. The molecule has 158 valence electrons. The van der Waals surface area contributed by atoms with Crippen molar-refractivity contribution < 1.29 is 9.53 Å². The normalized spacial score (nSPS) is 12.0. The van der Waals surface area contributed by atoms with E-state index < -0.39 is 6.04 Å². The molecular weight excluding hydrogens is 410 g/mol. The highest BCUT2D eigenvalue weighted by molar-refractivity contribution is 7.17. The van der Waals surface area contributed by atoms with Crippen LogP contribution in [0, 0.1) is 6.92 Å².